The van der Waals surface area contributed by atoms with Crippen molar-refractivity contribution < 1.29 is 9.90 Å². The van der Waals surface area contributed by atoms with Crippen LogP contribution in [0, 0.1) is 6.92 Å². The van der Waals surface area contributed by atoms with E-state index >= 15 is 0 Å². The highest BCUT2D eigenvalue weighted by Crippen LogP contribution is 2.20. The fraction of sp³-hybridized carbons (Fsp3) is 0.188. The molecular formula is C16H16O2. The zero-order chi connectivity index (χ0) is 13.0. The minimum atomic E-state index is -0.752. The van der Waals surface area contributed by atoms with E-state index in [1.807, 2.05) is 24.3 Å². The van der Waals surface area contributed by atoms with Gasteiger partial charge in [0.25, 0.3) is 0 Å². The Morgan fingerprint density at radius 1 is 0.944 bits per heavy atom. The molecule has 0 aliphatic heterocycles. The third-order valence-corrected chi connectivity index (χ3v) is 2.97. The van der Waals surface area contributed by atoms with E-state index in [-0.39, 0.29) is 6.42 Å². The Balaban J connectivity index is 2.12. The molecule has 2 aromatic rings. The van der Waals surface area contributed by atoms with E-state index in [1.54, 1.807) is 0 Å². The summed E-state index contributed by atoms with van der Waals surface area (Å²) in [7, 11) is 0. The van der Waals surface area contributed by atoms with Crippen LogP contribution in [0.5, 0.6) is 0 Å². The van der Waals surface area contributed by atoms with Gasteiger partial charge in [0.2, 0.25) is 0 Å². The molecule has 0 aromatic heterocycles. The fourth-order valence-corrected chi connectivity index (χ4v) is 1.86. The molecular weight excluding hydrogens is 224 g/mol. The molecule has 0 fully saturated rings. The number of benzene rings is 2. The molecule has 0 unspecified atom stereocenters. The molecule has 0 aliphatic carbocycles. The molecule has 2 heteroatoms. The molecule has 2 rings (SSSR count). The third kappa shape index (κ3) is 3.20. The van der Waals surface area contributed by atoms with Crippen LogP contribution in [0.1, 0.15) is 17.5 Å². The monoisotopic (exact) mass is 240 g/mol. The first-order valence-electron chi connectivity index (χ1n) is 6.03. The molecule has 0 atom stereocenters. The minimum absolute atomic E-state index is 0.184. The summed E-state index contributed by atoms with van der Waals surface area (Å²) in [4.78, 5) is 10.5. The number of aliphatic carboxylic acids is 1. The Morgan fingerprint density at radius 2 is 1.44 bits per heavy atom. The van der Waals surface area contributed by atoms with Gasteiger partial charge >= 0.3 is 5.97 Å². The second kappa shape index (κ2) is 5.50. The van der Waals surface area contributed by atoms with Crippen molar-refractivity contribution in [2.75, 3.05) is 0 Å². The molecule has 0 saturated heterocycles. The highest BCUT2D eigenvalue weighted by Gasteiger charge is 2.00. The first-order valence-corrected chi connectivity index (χ1v) is 6.03. The molecule has 0 bridgehead atoms. The van der Waals surface area contributed by atoms with Gasteiger partial charge in [0, 0.05) is 6.42 Å². The van der Waals surface area contributed by atoms with E-state index in [9.17, 15) is 4.79 Å². The molecule has 0 spiro atoms. The van der Waals surface area contributed by atoms with Gasteiger partial charge in [-0.25, -0.2) is 0 Å². The molecule has 18 heavy (non-hydrogen) atoms. The number of rotatable bonds is 4. The fourth-order valence-electron chi connectivity index (χ4n) is 1.86. The number of hydrogen-bond acceptors (Lipinski definition) is 1. The van der Waals surface area contributed by atoms with Crippen molar-refractivity contribution in [2.45, 2.75) is 19.8 Å². The van der Waals surface area contributed by atoms with Crippen molar-refractivity contribution in [3.63, 3.8) is 0 Å². The van der Waals surface area contributed by atoms with Crippen molar-refractivity contribution in [1.82, 2.24) is 0 Å². The minimum Gasteiger partial charge on any atom is -0.481 e. The number of carboxylic acid groups (broad SMARTS) is 1. The van der Waals surface area contributed by atoms with E-state index in [0.717, 1.165) is 11.1 Å². The van der Waals surface area contributed by atoms with Crippen LogP contribution < -0.4 is 0 Å². The largest absolute Gasteiger partial charge is 0.481 e. The summed E-state index contributed by atoms with van der Waals surface area (Å²) in [5.41, 5.74) is 4.66. The Labute approximate surface area is 107 Å². The van der Waals surface area contributed by atoms with Crippen LogP contribution in [-0.2, 0) is 11.2 Å². The smallest absolute Gasteiger partial charge is 0.303 e. The van der Waals surface area contributed by atoms with Crippen LogP contribution in [0.4, 0.5) is 0 Å². The lowest BCUT2D eigenvalue weighted by molar-refractivity contribution is -0.136. The second-order valence-corrected chi connectivity index (χ2v) is 4.46. The third-order valence-electron chi connectivity index (χ3n) is 2.97. The highest BCUT2D eigenvalue weighted by atomic mass is 16.4. The lowest BCUT2D eigenvalue weighted by atomic mass is 10.0. The van der Waals surface area contributed by atoms with E-state index < -0.39 is 5.97 Å². The number of carboxylic acids is 1. The normalized spacial score (nSPS) is 10.3. The number of carbonyl (C=O) groups is 1. The highest BCUT2D eigenvalue weighted by molar-refractivity contribution is 5.67. The topological polar surface area (TPSA) is 37.3 Å². The van der Waals surface area contributed by atoms with Gasteiger partial charge in [0.15, 0.2) is 0 Å². The van der Waals surface area contributed by atoms with Gasteiger partial charge in [-0.05, 0) is 30.0 Å². The average molecular weight is 240 g/mol. The predicted molar refractivity (Wildman–Crippen MR) is 72.6 cm³/mol. The van der Waals surface area contributed by atoms with Crippen molar-refractivity contribution in [3.05, 3.63) is 59.7 Å². The first-order chi connectivity index (χ1) is 8.65. The first kappa shape index (κ1) is 12.4. The van der Waals surface area contributed by atoms with Crippen LogP contribution in [0.2, 0.25) is 0 Å². The van der Waals surface area contributed by atoms with E-state index in [1.165, 1.54) is 11.1 Å². The van der Waals surface area contributed by atoms with Crippen molar-refractivity contribution in [2.24, 2.45) is 0 Å². The summed E-state index contributed by atoms with van der Waals surface area (Å²) in [5.74, 6) is -0.752. The Morgan fingerprint density at radius 3 is 1.94 bits per heavy atom. The number of aryl methyl sites for hydroxylation is 2. The maximum Gasteiger partial charge on any atom is 0.303 e. The molecule has 1 N–H and O–H groups in total. The summed E-state index contributed by atoms with van der Waals surface area (Å²) in [6.07, 6.45) is 0.771. The molecule has 2 nitrogen and oxygen atoms in total. The lowest BCUT2D eigenvalue weighted by Gasteiger charge is -2.04. The van der Waals surface area contributed by atoms with Crippen LogP contribution in [0.15, 0.2) is 48.5 Å². The maximum atomic E-state index is 10.5. The van der Waals surface area contributed by atoms with Gasteiger partial charge in [-0.15, -0.1) is 0 Å². The van der Waals surface area contributed by atoms with E-state index in [4.69, 9.17) is 5.11 Å². The summed E-state index contributed by atoms with van der Waals surface area (Å²) in [6.45, 7) is 2.07. The van der Waals surface area contributed by atoms with Gasteiger partial charge in [-0.1, -0.05) is 54.1 Å². The average Bonchev–Trinajstić information content (AvgIpc) is 2.38. The van der Waals surface area contributed by atoms with Crippen LogP contribution in [0.3, 0.4) is 0 Å². The van der Waals surface area contributed by atoms with Crippen molar-refractivity contribution >= 4 is 5.97 Å². The van der Waals surface area contributed by atoms with E-state index in [2.05, 4.69) is 31.2 Å². The Bertz CT molecular complexity index is 524. The molecule has 0 saturated carbocycles. The molecule has 0 heterocycles. The van der Waals surface area contributed by atoms with Crippen LogP contribution >= 0.6 is 0 Å². The maximum absolute atomic E-state index is 10.5. The van der Waals surface area contributed by atoms with Gasteiger partial charge in [0.05, 0.1) is 0 Å². The van der Waals surface area contributed by atoms with Crippen LogP contribution in [-0.4, -0.2) is 11.1 Å². The Hall–Kier alpha value is -2.09. The molecule has 0 radical (unpaired) electrons. The van der Waals surface area contributed by atoms with E-state index in [0.29, 0.717) is 6.42 Å². The van der Waals surface area contributed by atoms with Crippen molar-refractivity contribution in [3.8, 4) is 11.1 Å². The summed E-state index contributed by atoms with van der Waals surface area (Å²) >= 11 is 0. The standard InChI is InChI=1S/C16H16O2/c1-12-2-7-14(8-3-12)15-9-4-13(5-10-15)6-11-16(17)18/h2-5,7-10H,6,11H2,1H3,(H,17,18). The SMILES string of the molecule is Cc1ccc(-c2ccc(CCC(=O)O)cc2)cc1. The predicted octanol–water partition coefficient (Wildman–Crippen LogP) is 3.68. The Kier molecular flexibility index (Phi) is 3.78. The summed E-state index contributed by atoms with van der Waals surface area (Å²) < 4.78 is 0. The molecule has 0 amide bonds. The summed E-state index contributed by atoms with van der Waals surface area (Å²) in [5, 5.41) is 8.63. The zero-order valence-corrected chi connectivity index (χ0v) is 10.4. The second-order valence-electron chi connectivity index (χ2n) is 4.46. The van der Waals surface area contributed by atoms with Crippen molar-refractivity contribution in [1.29, 1.82) is 0 Å². The summed E-state index contributed by atoms with van der Waals surface area (Å²) in [6, 6.07) is 16.5. The lowest BCUT2D eigenvalue weighted by Crippen LogP contribution is -1.97. The molecule has 92 valence electrons. The van der Waals surface area contributed by atoms with Gasteiger partial charge < -0.3 is 5.11 Å². The quantitative estimate of drug-likeness (QED) is 0.885. The van der Waals surface area contributed by atoms with Crippen LogP contribution in [0.25, 0.3) is 11.1 Å². The zero-order valence-electron chi connectivity index (χ0n) is 10.4. The number of hydrogen-bond donors (Lipinski definition) is 1. The molecule has 0 aliphatic rings. The van der Waals surface area contributed by atoms with Gasteiger partial charge in [0.1, 0.15) is 0 Å². The van der Waals surface area contributed by atoms with Gasteiger partial charge in [-0.3, -0.25) is 4.79 Å². The molecule has 2 aromatic carbocycles. The van der Waals surface area contributed by atoms with Gasteiger partial charge in [-0.2, -0.15) is 0 Å².